The lowest BCUT2D eigenvalue weighted by molar-refractivity contribution is 0.0697. The second-order valence-corrected chi connectivity index (χ2v) is 6.02. The lowest BCUT2D eigenvalue weighted by atomic mass is 10.1. The van der Waals surface area contributed by atoms with Gasteiger partial charge in [-0.15, -0.1) is 0 Å². The van der Waals surface area contributed by atoms with Gasteiger partial charge in [-0.05, 0) is 42.8 Å². The molecule has 7 heteroatoms. The molecule has 2 aromatic carbocycles. The van der Waals surface area contributed by atoms with Crippen LogP contribution in [0, 0.1) is 18.6 Å². The van der Waals surface area contributed by atoms with E-state index in [0.29, 0.717) is 16.1 Å². The van der Waals surface area contributed by atoms with Gasteiger partial charge in [0, 0.05) is 27.6 Å². The van der Waals surface area contributed by atoms with Crippen molar-refractivity contribution in [2.24, 2.45) is 0 Å². The van der Waals surface area contributed by atoms with Crippen molar-refractivity contribution in [3.05, 3.63) is 53.1 Å². The number of hydrogen-bond acceptors (Lipinski definition) is 3. The van der Waals surface area contributed by atoms with Gasteiger partial charge in [-0.25, -0.2) is 13.6 Å². The van der Waals surface area contributed by atoms with Gasteiger partial charge in [0.25, 0.3) is 0 Å². The molecule has 2 rings (SSSR count). The predicted octanol–water partition coefficient (Wildman–Crippen LogP) is 3.45. The fourth-order valence-corrected chi connectivity index (χ4v) is 2.54. The van der Waals surface area contributed by atoms with Crippen LogP contribution < -0.4 is 5.32 Å². The first-order valence-corrected chi connectivity index (χ1v) is 7.79. The number of aryl methyl sites for hydroxylation is 1. The van der Waals surface area contributed by atoms with Gasteiger partial charge in [0.05, 0.1) is 11.3 Å². The molecule has 22 heavy (non-hydrogen) atoms. The molecule has 0 radical (unpaired) electrons. The summed E-state index contributed by atoms with van der Waals surface area (Å²) in [7, 11) is -1.17. The van der Waals surface area contributed by atoms with Gasteiger partial charge < -0.3 is 10.4 Å². The molecule has 1 atom stereocenters. The molecule has 0 aliphatic rings. The van der Waals surface area contributed by atoms with E-state index in [2.05, 4.69) is 5.32 Å². The molecule has 0 bridgehead atoms. The molecular weight excluding hydrogens is 312 g/mol. The zero-order valence-electron chi connectivity index (χ0n) is 11.8. The Morgan fingerprint density at radius 2 is 1.91 bits per heavy atom. The Morgan fingerprint density at radius 3 is 2.45 bits per heavy atom. The fraction of sp³-hybridized carbons (Fsp3) is 0.133. The number of benzene rings is 2. The van der Waals surface area contributed by atoms with E-state index in [9.17, 15) is 17.8 Å². The first kappa shape index (κ1) is 16.1. The summed E-state index contributed by atoms with van der Waals surface area (Å²) in [5.41, 5.74) is 0.219. The minimum absolute atomic E-state index is 0.374. The van der Waals surface area contributed by atoms with Gasteiger partial charge in [0.1, 0.15) is 0 Å². The molecule has 0 saturated heterocycles. The lowest BCUT2D eigenvalue weighted by Gasteiger charge is -2.14. The van der Waals surface area contributed by atoms with Crippen LogP contribution in [0.5, 0.6) is 0 Å². The highest BCUT2D eigenvalue weighted by Crippen LogP contribution is 2.28. The van der Waals surface area contributed by atoms with Crippen LogP contribution in [0.25, 0.3) is 0 Å². The zero-order valence-corrected chi connectivity index (χ0v) is 12.6. The standard InChI is InChI=1S/C15H13F2NO3S/c1-8-7-9(22(2)21)3-6-12(8)18-14-10(15(19)20)4-5-11(16)13(14)17/h3-7,18H,1-2H3,(H,19,20). The first-order chi connectivity index (χ1) is 10.3. The molecule has 1 unspecified atom stereocenters. The molecule has 0 heterocycles. The highest BCUT2D eigenvalue weighted by molar-refractivity contribution is 7.84. The van der Waals surface area contributed by atoms with E-state index in [0.717, 1.165) is 12.1 Å². The number of halogens is 2. The van der Waals surface area contributed by atoms with Gasteiger partial charge in [-0.3, -0.25) is 4.21 Å². The Kier molecular flexibility index (Phi) is 4.56. The topological polar surface area (TPSA) is 66.4 Å². The number of anilines is 2. The van der Waals surface area contributed by atoms with Crippen molar-refractivity contribution in [2.45, 2.75) is 11.8 Å². The van der Waals surface area contributed by atoms with E-state index in [4.69, 9.17) is 5.11 Å². The largest absolute Gasteiger partial charge is 0.478 e. The van der Waals surface area contributed by atoms with E-state index < -0.39 is 34.1 Å². The maximum absolute atomic E-state index is 13.9. The van der Waals surface area contributed by atoms with Crippen LogP contribution in [0.2, 0.25) is 0 Å². The normalized spacial score (nSPS) is 12.0. The number of hydrogen-bond donors (Lipinski definition) is 2. The Bertz CT molecular complexity index is 778. The number of aromatic carboxylic acids is 1. The summed E-state index contributed by atoms with van der Waals surface area (Å²) in [5, 5.41) is 11.7. The Morgan fingerprint density at radius 1 is 1.23 bits per heavy atom. The van der Waals surface area contributed by atoms with Crippen LogP contribution in [-0.2, 0) is 10.8 Å². The lowest BCUT2D eigenvalue weighted by Crippen LogP contribution is -2.07. The van der Waals surface area contributed by atoms with Crippen molar-refractivity contribution >= 4 is 28.1 Å². The van der Waals surface area contributed by atoms with Crippen LogP contribution in [0.3, 0.4) is 0 Å². The molecule has 2 aromatic rings. The SMILES string of the molecule is Cc1cc(S(C)=O)ccc1Nc1c(C(=O)O)ccc(F)c1F. The highest BCUT2D eigenvalue weighted by atomic mass is 32.2. The third-order valence-corrected chi connectivity index (χ3v) is 4.03. The molecule has 0 spiro atoms. The van der Waals surface area contributed by atoms with Crippen LogP contribution in [0.1, 0.15) is 15.9 Å². The van der Waals surface area contributed by atoms with Gasteiger partial charge in [-0.2, -0.15) is 0 Å². The number of nitrogens with one attached hydrogen (secondary N) is 1. The second kappa shape index (κ2) is 6.23. The van der Waals surface area contributed by atoms with Gasteiger partial charge in [0.15, 0.2) is 11.6 Å². The number of carboxylic acid groups (broad SMARTS) is 1. The average Bonchev–Trinajstić information content (AvgIpc) is 2.45. The molecule has 4 nitrogen and oxygen atoms in total. The molecule has 2 N–H and O–H groups in total. The van der Waals surface area contributed by atoms with E-state index in [1.165, 1.54) is 6.26 Å². The zero-order chi connectivity index (χ0) is 16.4. The van der Waals surface area contributed by atoms with Crippen molar-refractivity contribution in [3.8, 4) is 0 Å². The van der Waals surface area contributed by atoms with Crippen LogP contribution >= 0.6 is 0 Å². The minimum atomic E-state index is -1.37. The van der Waals surface area contributed by atoms with Gasteiger partial charge in [-0.1, -0.05) is 0 Å². The molecule has 0 aromatic heterocycles. The maximum atomic E-state index is 13.9. The summed E-state index contributed by atoms with van der Waals surface area (Å²) in [6.07, 6.45) is 1.52. The van der Waals surface area contributed by atoms with Crippen molar-refractivity contribution < 1.29 is 22.9 Å². The van der Waals surface area contributed by atoms with E-state index in [-0.39, 0.29) is 5.56 Å². The summed E-state index contributed by atoms with van der Waals surface area (Å²) in [4.78, 5) is 11.7. The maximum Gasteiger partial charge on any atom is 0.337 e. The summed E-state index contributed by atoms with van der Waals surface area (Å²) in [6, 6.07) is 6.51. The predicted molar refractivity (Wildman–Crippen MR) is 80.1 cm³/mol. The Labute approximate surface area is 128 Å². The number of carbonyl (C=O) groups is 1. The molecule has 0 amide bonds. The van der Waals surface area contributed by atoms with Crippen molar-refractivity contribution in [1.82, 2.24) is 0 Å². The van der Waals surface area contributed by atoms with E-state index >= 15 is 0 Å². The van der Waals surface area contributed by atoms with E-state index in [1.54, 1.807) is 25.1 Å². The number of rotatable bonds is 4. The van der Waals surface area contributed by atoms with Crippen molar-refractivity contribution in [1.29, 1.82) is 0 Å². The molecule has 0 aliphatic carbocycles. The summed E-state index contributed by atoms with van der Waals surface area (Å²) in [6.45, 7) is 1.69. The van der Waals surface area contributed by atoms with Crippen LogP contribution in [0.15, 0.2) is 35.2 Å². The third kappa shape index (κ3) is 3.14. The average molecular weight is 325 g/mol. The molecule has 0 saturated carbocycles. The molecule has 0 aliphatic heterocycles. The monoisotopic (exact) mass is 325 g/mol. The third-order valence-electron chi connectivity index (χ3n) is 3.11. The summed E-state index contributed by atoms with van der Waals surface area (Å²) < 4.78 is 38.7. The smallest absolute Gasteiger partial charge is 0.337 e. The molecule has 0 fully saturated rings. The van der Waals surface area contributed by atoms with E-state index in [1.807, 2.05) is 0 Å². The Balaban J connectivity index is 2.49. The Hall–Kier alpha value is -2.28. The summed E-state index contributed by atoms with van der Waals surface area (Å²) >= 11 is 0. The van der Waals surface area contributed by atoms with Crippen LogP contribution in [-0.4, -0.2) is 21.5 Å². The van der Waals surface area contributed by atoms with Gasteiger partial charge in [0.2, 0.25) is 0 Å². The molecule has 116 valence electrons. The summed E-state index contributed by atoms with van der Waals surface area (Å²) in [5.74, 6) is -3.77. The quantitative estimate of drug-likeness (QED) is 0.903. The van der Waals surface area contributed by atoms with Crippen LogP contribution in [0.4, 0.5) is 20.2 Å². The minimum Gasteiger partial charge on any atom is -0.478 e. The highest BCUT2D eigenvalue weighted by Gasteiger charge is 2.19. The molecular formula is C15H13F2NO3S. The van der Waals surface area contributed by atoms with Gasteiger partial charge >= 0.3 is 5.97 Å². The first-order valence-electron chi connectivity index (χ1n) is 6.23. The van der Waals surface area contributed by atoms with Crippen molar-refractivity contribution in [2.75, 3.05) is 11.6 Å². The van der Waals surface area contributed by atoms with Crippen molar-refractivity contribution in [3.63, 3.8) is 0 Å². The number of carboxylic acids is 1. The fourth-order valence-electron chi connectivity index (χ4n) is 1.94. The second-order valence-electron chi connectivity index (χ2n) is 4.64.